The number of rotatable bonds is 5. The minimum atomic E-state index is -0.260. The Balaban J connectivity index is 2.18. The number of methoxy groups -OCH3 is 2. The Morgan fingerprint density at radius 1 is 1.26 bits per heavy atom. The zero-order chi connectivity index (χ0) is 13.7. The van der Waals surface area contributed by atoms with Crippen molar-refractivity contribution in [1.29, 1.82) is 0 Å². The third-order valence-corrected chi connectivity index (χ3v) is 2.65. The lowest BCUT2D eigenvalue weighted by Crippen LogP contribution is -2.24. The number of ether oxygens (including phenoxy) is 2. The van der Waals surface area contributed by atoms with Crippen molar-refractivity contribution in [2.45, 2.75) is 6.54 Å². The van der Waals surface area contributed by atoms with E-state index in [4.69, 9.17) is 9.47 Å². The summed E-state index contributed by atoms with van der Waals surface area (Å²) < 4.78 is 10.4. The van der Waals surface area contributed by atoms with Crippen molar-refractivity contribution in [3.05, 3.63) is 41.7 Å². The molecule has 0 saturated carbocycles. The van der Waals surface area contributed by atoms with Crippen molar-refractivity contribution >= 4 is 5.91 Å². The van der Waals surface area contributed by atoms with Gasteiger partial charge >= 0.3 is 0 Å². The summed E-state index contributed by atoms with van der Waals surface area (Å²) in [5.41, 5.74) is 1.20. The molecule has 0 atom stereocenters. The molecule has 1 amide bonds. The van der Waals surface area contributed by atoms with Gasteiger partial charge in [0.15, 0.2) is 0 Å². The molecular formula is C13H15N3O3. The highest BCUT2D eigenvalue weighted by atomic mass is 16.5. The molecular weight excluding hydrogens is 246 g/mol. The lowest BCUT2D eigenvalue weighted by Gasteiger charge is -2.12. The van der Waals surface area contributed by atoms with E-state index in [0.29, 0.717) is 23.6 Å². The topological polar surface area (TPSA) is 76.2 Å². The van der Waals surface area contributed by atoms with Crippen molar-refractivity contribution < 1.29 is 14.3 Å². The van der Waals surface area contributed by atoms with Gasteiger partial charge in [-0.2, -0.15) is 5.10 Å². The number of nitrogens with zero attached hydrogens (tertiary/aromatic N) is 1. The van der Waals surface area contributed by atoms with E-state index in [0.717, 1.165) is 5.69 Å². The fraction of sp³-hybridized carbons (Fsp3) is 0.231. The molecule has 0 aliphatic rings. The zero-order valence-corrected chi connectivity index (χ0v) is 10.8. The Hall–Kier alpha value is -2.50. The van der Waals surface area contributed by atoms with Crippen molar-refractivity contribution in [2.75, 3.05) is 14.2 Å². The summed E-state index contributed by atoms with van der Waals surface area (Å²) in [7, 11) is 3.03. The van der Waals surface area contributed by atoms with Gasteiger partial charge in [-0.05, 0) is 18.2 Å². The molecule has 0 spiro atoms. The van der Waals surface area contributed by atoms with Crippen molar-refractivity contribution in [2.24, 2.45) is 0 Å². The number of carbonyl (C=O) groups excluding carboxylic acids is 1. The molecule has 0 radical (unpaired) electrons. The van der Waals surface area contributed by atoms with E-state index in [1.54, 1.807) is 30.5 Å². The van der Waals surface area contributed by atoms with Crippen molar-refractivity contribution in [3.8, 4) is 11.5 Å². The molecule has 2 aromatic rings. The van der Waals surface area contributed by atoms with Crippen LogP contribution in [0.15, 0.2) is 30.5 Å². The first-order valence-corrected chi connectivity index (χ1v) is 5.73. The summed E-state index contributed by atoms with van der Waals surface area (Å²) in [6.07, 6.45) is 1.63. The van der Waals surface area contributed by atoms with Crippen LogP contribution in [0.1, 0.15) is 16.1 Å². The fourth-order valence-corrected chi connectivity index (χ4v) is 1.72. The summed E-state index contributed by atoms with van der Waals surface area (Å²) in [4.78, 5) is 12.2. The minimum Gasteiger partial charge on any atom is -0.496 e. The first-order chi connectivity index (χ1) is 9.26. The molecule has 0 aliphatic carbocycles. The number of aromatic nitrogens is 2. The van der Waals surface area contributed by atoms with E-state index in [1.165, 1.54) is 14.2 Å². The quantitative estimate of drug-likeness (QED) is 0.852. The van der Waals surface area contributed by atoms with Gasteiger partial charge in [-0.3, -0.25) is 9.89 Å². The van der Waals surface area contributed by atoms with Gasteiger partial charge in [0.25, 0.3) is 5.91 Å². The molecule has 6 nitrogen and oxygen atoms in total. The molecule has 1 aromatic carbocycles. The Morgan fingerprint density at radius 3 is 2.47 bits per heavy atom. The number of aromatic amines is 1. The Kier molecular flexibility index (Phi) is 4.02. The van der Waals surface area contributed by atoms with Gasteiger partial charge in [-0.15, -0.1) is 0 Å². The number of carbonyl (C=O) groups is 1. The van der Waals surface area contributed by atoms with E-state index < -0.39 is 0 Å². The van der Waals surface area contributed by atoms with Crippen LogP contribution in [-0.4, -0.2) is 30.3 Å². The van der Waals surface area contributed by atoms with Crippen LogP contribution in [0.4, 0.5) is 0 Å². The van der Waals surface area contributed by atoms with E-state index in [9.17, 15) is 4.79 Å². The van der Waals surface area contributed by atoms with E-state index in [1.807, 2.05) is 0 Å². The summed E-state index contributed by atoms with van der Waals surface area (Å²) in [5, 5.41) is 9.37. The second kappa shape index (κ2) is 5.90. The lowest BCUT2D eigenvalue weighted by atomic mass is 10.1. The lowest BCUT2D eigenvalue weighted by molar-refractivity contribution is 0.0944. The van der Waals surface area contributed by atoms with Gasteiger partial charge in [-0.25, -0.2) is 0 Å². The van der Waals surface area contributed by atoms with Gasteiger partial charge in [0.1, 0.15) is 17.1 Å². The van der Waals surface area contributed by atoms with Crippen LogP contribution in [0.3, 0.4) is 0 Å². The number of H-pyrrole nitrogens is 1. The highest BCUT2D eigenvalue weighted by molar-refractivity contribution is 5.99. The largest absolute Gasteiger partial charge is 0.496 e. The van der Waals surface area contributed by atoms with Crippen LogP contribution in [0.2, 0.25) is 0 Å². The number of nitrogens with one attached hydrogen (secondary N) is 2. The number of benzene rings is 1. The Labute approximate surface area is 110 Å². The molecule has 19 heavy (non-hydrogen) atoms. The SMILES string of the molecule is COc1cccc(OC)c1C(=O)NCc1ccn[nH]1. The molecule has 1 heterocycles. The second-order valence-electron chi connectivity index (χ2n) is 3.80. The standard InChI is InChI=1S/C13H15N3O3/c1-18-10-4-3-5-11(19-2)12(10)13(17)14-8-9-6-7-15-16-9/h3-7H,8H2,1-2H3,(H,14,17)(H,15,16). The Bertz CT molecular complexity index is 530. The van der Waals surface area contributed by atoms with Crippen molar-refractivity contribution in [1.82, 2.24) is 15.5 Å². The zero-order valence-electron chi connectivity index (χ0n) is 10.8. The maximum Gasteiger partial charge on any atom is 0.259 e. The summed E-state index contributed by atoms with van der Waals surface area (Å²) in [6, 6.07) is 6.99. The molecule has 0 unspecified atom stereocenters. The molecule has 2 N–H and O–H groups in total. The first kappa shape index (κ1) is 12.9. The smallest absolute Gasteiger partial charge is 0.259 e. The first-order valence-electron chi connectivity index (χ1n) is 5.73. The predicted octanol–water partition coefficient (Wildman–Crippen LogP) is 1.36. The van der Waals surface area contributed by atoms with Crippen LogP contribution in [-0.2, 0) is 6.54 Å². The highest BCUT2D eigenvalue weighted by Gasteiger charge is 2.17. The molecule has 6 heteroatoms. The molecule has 0 fully saturated rings. The van der Waals surface area contributed by atoms with Crippen LogP contribution in [0.5, 0.6) is 11.5 Å². The number of hydrogen-bond donors (Lipinski definition) is 2. The van der Waals surface area contributed by atoms with Gasteiger partial charge in [0.2, 0.25) is 0 Å². The molecule has 0 saturated heterocycles. The maximum absolute atomic E-state index is 12.2. The van der Waals surface area contributed by atoms with Gasteiger partial charge in [0, 0.05) is 6.20 Å². The summed E-state index contributed by atoms with van der Waals surface area (Å²) in [5.74, 6) is 0.687. The third-order valence-electron chi connectivity index (χ3n) is 2.65. The van der Waals surface area contributed by atoms with Gasteiger partial charge < -0.3 is 14.8 Å². The maximum atomic E-state index is 12.2. The molecule has 0 bridgehead atoms. The predicted molar refractivity (Wildman–Crippen MR) is 69.3 cm³/mol. The molecule has 0 aliphatic heterocycles. The van der Waals surface area contributed by atoms with Crippen LogP contribution < -0.4 is 14.8 Å². The molecule has 2 rings (SSSR count). The number of hydrogen-bond acceptors (Lipinski definition) is 4. The summed E-state index contributed by atoms with van der Waals surface area (Å²) >= 11 is 0. The van der Waals surface area contributed by atoms with Crippen molar-refractivity contribution in [3.63, 3.8) is 0 Å². The van der Waals surface area contributed by atoms with Crippen LogP contribution >= 0.6 is 0 Å². The van der Waals surface area contributed by atoms with E-state index >= 15 is 0 Å². The minimum absolute atomic E-state index is 0.260. The summed E-state index contributed by atoms with van der Waals surface area (Å²) in [6.45, 7) is 0.361. The highest BCUT2D eigenvalue weighted by Crippen LogP contribution is 2.27. The van der Waals surface area contributed by atoms with Crippen LogP contribution in [0, 0.1) is 0 Å². The monoisotopic (exact) mass is 261 g/mol. The van der Waals surface area contributed by atoms with E-state index in [2.05, 4.69) is 15.5 Å². The average Bonchev–Trinajstić information content (AvgIpc) is 2.97. The van der Waals surface area contributed by atoms with Gasteiger partial charge in [-0.1, -0.05) is 6.07 Å². The normalized spacial score (nSPS) is 10.0. The third kappa shape index (κ3) is 2.85. The fourth-order valence-electron chi connectivity index (χ4n) is 1.72. The van der Waals surface area contributed by atoms with Gasteiger partial charge in [0.05, 0.1) is 26.5 Å². The Morgan fingerprint density at radius 2 is 1.95 bits per heavy atom. The van der Waals surface area contributed by atoms with Crippen LogP contribution in [0.25, 0.3) is 0 Å². The average molecular weight is 261 g/mol. The molecule has 1 aromatic heterocycles. The van der Waals surface area contributed by atoms with E-state index in [-0.39, 0.29) is 5.91 Å². The molecule has 100 valence electrons. The number of amides is 1. The second-order valence-corrected chi connectivity index (χ2v) is 3.80.